The molecule has 1 unspecified atom stereocenters. The van der Waals surface area contributed by atoms with Crippen molar-refractivity contribution in [2.45, 2.75) is 40.7 Å². The second-order valence-electron chi connectivity index (χ2n) is 6.53. The van der Waals surface area contributed by atoms with Gasteiger partial charge in [0.05, 0.1) is 13.1 Å². The molecule has 1 aromatic heterocycles. The zero-order valence-corrected chi connectivity index (χ0v) is 14.5. The second kappa shape index (κ2) is 7.63. The van der Waals surface area contributed by atoms with Crippen LogP contribution in [0, 0.1) is 23.2 Å². The van der Waals surface area contributed by atoms with Crippen LogP contribution < -0.4 is 5.73 Å². The van der Waals surface area contributed by atoms with Gasteiger partial charge in [-0.3, -0.25) is 4.79 Å². The molecule has 4 heteroatoms. The third-order valence-electron chi connectivity index (χ3n) is 3.77. The van der Waals surface area contributed by atoms with Gasteiger partial charge in [0.1, 0.15) is 0 Å². The molecule has 3 nitrogen and oxygen atoms in total. The number of rotatable bonds is 4. The highest BCUT2D eigenvalue weighted by molar-refractivity contribution is 7.10. The average Bonchev–Trinajstić information content (AvgIpc) is 2.82. The Morgan fingerprint density at radius 1 is 1.48 bits per heavy atom. The number of hydrogen-bond acceptors (Lipinski definition) is 3. The number of amides is 1. The molecule has 0 aliphatic carbocycles. The Hall–Kier alpha value is -1.31. The summed E-state index contributed by atoms with van der Waals surface area (Å²) in [6.07, 6.45) is 0.589. The smallest absolute Gasteiger partial charge is 0.222 e. The zero-order valence-electron chi connectivity index (χ0n) is 13.7. The van der Waals surface area contributed by atoms with E-state index in [-0.39, 0.29) is 11.3 Å². The summed E-state index contributed by atoms with van der Waals surface area (Å²) in [7, 11) is 1.86. The molecule has 0 spiro atoms. The van der Waals surface area contributed by atoms with Gasteiger partial charge in [-0.25, -0.2) is 0 Å². The lowest BCUT2D eigenvalue weighted by Gasteiger charge is -2.28. The number of thiophene rings is 1. The first kappa shape index (κ1) is 17.7. The van der Waals surface area contributed by atoms with Gasteiger partial charge in [-0.1, -0.05) is 39.5 Å². The maximum absolute atomic E-state index is 12.3. The summed E-state index contributed by atoms with van der Waals surface area (Å²) in [4.78, 5) is 15.2. The van der Waals surface area contributed by atoms with E-state index >= 15 is 0 Å². The van der Waals surface area contributed by atoms with Crippen LogP contribution in [0.15, 0.2) is 11.4 Å². The minimum Gasteiger partial charge on any atom is -0.341 e. The van der Waals surface area contributed by atoms with Crippen LogP contribution in [0.25, 0.3) is 0 Å². The van der Waals surface area contributed by atoms with E-state index in [4.69, 9.17) is 5.73 Å². The summed E-state index contributed by atoms with van der Waals surface area (Å²) in [5.41, 5.74) is 6.50. The summed E-state index contributed by atoms with van der Waals surface area (Å²) in [5.74, 6) is 6.41. The molecule has 0 radical (unpaired) electrons. The van der Waals surface area contributed by atoms with E-state index in [0.717, 1.165) is 10.4 Å². The van der Waals surface area contributed by atoms with Crippen LogP contribution in [-0.2, 0) is 11.3 Å². The summed E-state index contributed by atoms with van der Waals surface area (Å²) in [6.45, 7) is 9.67. The summed E-state index contributed by atoms with van der Waals surface area (Å²) >= 11 is 1.63. The van der Waals surface area contributed by atoms with Gasteiger partial charge in [0.2, 0.25) is 5.91 Å². The monoisotopic (exact) mass is 306 g/mol. The van der Waals surface area contributed by atoms with Crippen molar-refractivity contribution in [1.82, 2.24) is 4.90 Å². The lowest BCUT2D eigenvalue weighted by Crippen LogP contribution is -2.30. The first-order valence-electron chi connectivity index (χ1n) is 7.24. The molecule has 1 heterocycles. The Balaban J connectivity index is 2.58. The number of carbonyl (C=O) groups is 1. The van der Waals surface area contributed by atoms with Crippen LogP contribution in [0.3, 0.4) is 0 Å². The highest BCUT2D eigenvalue weighted by Crippen LogP contribution is 2.28. The predicted molar refractivity (Wildman–Crippen MR) is 90.0 cm³/mol. The molecule has 1 amide bonds. The van der Waals surface area contributed by atoms with Gasteiger partial charge in [0, 0.05) is 29.3 Å². The molecule has 2 N–H and O–H groups in total. The minimum atomic E-state index is 0.157. The Morgan fingerprint density at radius 2 is 2.14 bits per heavy atom. The molecule has 1 atom stereocenters. The van der Waals surface area contributed by atoms with Crippen LogP contribution in [0.4, 0.5) is 0 Å². The van der Waals surface area contributed by atoms with Crippen molar-refractivity contribution >= 4 is 17.2 Å². The van der Waals surface area contributed by atoms with Gasteiger partial charge in [-0.05, 0) is 17.4 Å². The van der Waals surface area contributed by atoms with Crippen molar-refractivity contribution in [3.63, 3.8) is 0 Å². The van der Waals surface area contributed by atoms with Gasteiger partial charge in [0.15, 0.2) is 0 Å². The molecule has 0 saturated heterocycles. The molecule has 0 aromatic carbocycles. The van der Waals surface area contributed by atoms with Gasteiger partial charge in [-0.15, -0.1) is 11.3 Å². The molecule has 1 aromatic rings. The third kappa shape index (κ3) is 5.91. The van der Waals surface area contributed by atoms with Crippen molar-refractivity contribution in [3.8, 4) is 11.8 Å². The van der Waals surface area contributed by atoms with Crippen LogP contribution in [0.5, 0.6) is 0 Å². The van der Waals surface area contributed by atoms with Crippen molar-refractivity contribution < 1.29 is 4.79 Å². The molecule has 21 heavy (non-hydrogen) atoms. The lowest BCUT2D eigenvalue weighted by atomic mass is 9.80. The van der Waals surface area contributed by atoms with Crippen molar-refractivity contribution in [2.24, 2.45) is 17.1 Å². The van der Waals surface area contributed by atoms with E-state index in [2.05, 4.69) is 39.5 Å². The predicted octanol–water partition coefficient (Wildman–Crippen LogP) is 3.09. The van der Waals surface area contributed by atoms with E-state index in [9.17, 15) is 4.79 Å². The number of carbonyl (C=O) groups excluding carboxylic acids is 1. The standard InChI is InChI=1S/C17H26N2OS/c1-13(17(2,3)4)9-16(20)19(5)11-15-10-14(12-21-15)7-6-8-18/h10,12-13H,8-9,11,18H2,1-5H3. The Bertz CT molecular complexity index is 531. The van der Waals surface area contributed by atoms with E-state index in [1.165, 1.54) is 0 Å². The topological polar surface area (TPSA) is 46.3 Å². The highest BCUT2D eigenvalue weighted by Gasteiger charge is 2.24. The number of nitrogens with zero attached hydrogens (tertiary/aromatic N) is 1. The fraction of sp³-hybridized carbons (Fsp3) is 0.588. The van der Waals surface area contributed by atoms with Crippen LogP contribution in [0.1, 0.15) is 44.6 Å². The number of hydrogen-bond donors (Lipinski definition) is 1. The summed E-state index contributed by atoms with van der Waals surface area (Å²) in [6, 6.07) is 2.03. The van der Waals surface area contributed by atoms with E-state index in [1.54, 1.807) is 16.2 Å². The first-order valence-corrected chi connectivity index (χ1v) is 8.12. The molecule has 0 fully saturated rings. The molecule has 1 rings (SSSR count). The van der Waals surface area contributed by atoms with Gasteiger partial charge >= 0.3 is 0 Å². The fourth-order valence-electron chi connectivity index (χ4n) is 1.73. The third-order valence-corrected chi connectivity index (χ3v) is 4.69. The van der Waals surface area contributed by atoms with Gasteiger partial charge in [0.25, 0.3) is 0 Å². The molecule has 0 aliphatic heterocycles. The minimum absolute atomic E-state index is 0.157. The summed E-state index contributed by atoms with van der Waals surface area (Å²) < 4.78 is 0. The highest BCUT2D eigenvalue weighted by atomic mass is 32.1. The van der Waals surface area contributed by atoms with Crippen molar-refractivity contribution in [2.75, 3.05) is 13.6 Å². The van der Waals surface area contributed by atoms with Crippen LogP contribution in [0.2, 0.25) is 0 Å². The normalized spacial score (nSPS) is 12.5. The molecule has 0 saturated carbocycles. The van der Waals surface area contributed by atoms with E-state index in [0.29, 0.717) is 25.4 Å². The Labute approximate surface area is 132 Å². The van der Waals surface area contributed by atoms with E-state index in [1.807, 2.05) is 18.5 Å². The maximum atomic E-state index is 12.3. The quantitative estimate of drug-likeness (QED) is 0.869. The molecule has 0 aliphatic rings. The van der Waals surface area contributed by atoms with Crippen molar-refractivity contribution in [1.29, 1.82) is 0 Å². The maximum Gasteiger partial charge on any atom is 0.222 e. The molecule has 116 valence electrons. The van der Waals surface area contributed by atoms with Crippen molar-refractivity contribution in [3.05, 3.63) is 21.9 Å². The van der Waals surface area contributed by atoms with Crippen LogP contribution >= 0.6 is 11.3 Å². The van der Waals surface area contributed by atoms with Gasteiger partial charge < -0.3 is 10.6 Å². The Kier molecular flexibility index (Phi) is 6.44. The molecular formula is C17H26N2OS. The van der Waals surface area contributed by atoms with Crippen LogP contribution in [-0.4, -0.2) is 24.4 Å². The lowest BCUT2D eigenvalue weighted by molar-refractivity contribution is -0.132. The molecular weight excluding hydrogens is 280 g/mol. The average molecular weight is 306 g/mol. The number of nitrogens with two attached hydrogens (primary N) is 1. The SMILES string of the molecule is CC(CC(=O)N(C)Cc1cc(C#CCN)cs1)C(C)(C)C. The largest absolute Gasteiger partial charge is 0.341 e. The molecule has 0 bridgehead atoms. The fourth-order valence-corrected chi connectivity index (χ4v) is 2.60. The zero-order chi connectivity index (χ0) is 16.0. The van der Waals surface area contributed by atoms with Gasteiger partial charge in [-0.2, -0.15) is 0 Å². The first-order chi connectivity index (χ1) is 9.74. The summed E-state index contributed by atoms with van der Waals surface area (Å²) in [5, 5.41) is 2.01. The second-order valence-corrected chi connectivity index (χ2v) is 7.52. The van der Waals surface area contributed by atoms with E-state index < -0.39 is 0 Å². The Morgan fingerprint density at radius 3 is 2.71 bits per heavy atom.